The van der Waals surface area contributed by atoms with Gasteiger partial charge in [0, 0.05) is 12.2 Å². The fraction of sp³-hybridized carbons (Fsp3) is 0.176. The summed E-state index contributed by atoms with van der Waals surface area (Å²) in [5.74, 6) is 0.346. The van der Waals surface area contributed by atoms with Gasteiger partial charge in [-0.3, -0.25) is 0 Å². The highest BCUT2D eigenvalue weighted by molar-refractivity contribution is 5.89. The van der Waals surface area contributed by atoms with Crippen molar-refractivity contribution >= 4 is 17.9 Å². The molecule has 2 amide bonds. The molecule has 0 heterocycles. The minimum Gasteiger partial charge on any atom is -0.434 e. The molecule has 0 unspecified atom stereocenters. The average molecular weight is 314 g/mol. The van der Waals surface area contributed by atoms with Gasteiger partial charge in [-0.05, 0) is 36.8 Å². The van der Waals surface area contributed by atoms with Gasteiger partial charge in [-0.15, -0.1) is 0 Å². The smallest absolute Gasteiger partial charge is 0.434 e. The number of carbonyl (C=O) groups excluding carboxylic acids is 2. The average Bonchev–Trinajstić information content (AvgIpc) is 2.56. The maximum absolute atomic E-state index is 11.8. The van der Waals surface area contributed by atoms with Crippen LogP contribution in [-0.2, 0) is 11.3 Å². The van der Waals surface area contributed by atoms with E-state index in [1.165, 1.54) is 0 Å². The molecule has 0 aliphatic heterocycles. The lowest BCUT2D eigenvalue weighted by Gasteiger charge is -2.08. The van der Waals surface area contributed by atoms with E-state index in [1.807, 2.05) is 30.3 Å². The van der Waals surface area contributed by atoms with Crippen LogP contribution in [0.5, 0.6) is 5.75 Å². The number of ether oxygens (including phenoxy) is 2. The number of hydrogen-bond donors (Lipinski definition) is 2. The molecule has 2 rings (SSSR count). The number of benzene rings is 2. The van der Waals surface area contributed by atoms with Crippen LogP contribution in [0.15, 0.2) is 54.6 Å². The van der Waals surface area contributed by atoms with Gasteiger partial charge in [0.15, 0.2) is 0 Å². The van der Waals surface area contributed by atoms with Gasteiger partial charge in [0.25, 0.3) is 0 Å². The number of nitrogens with one attached hydrogen (secondary N) is 2. The fourth-order valence-corrected chi connectivity index (χ4v) is 1.80. The summed E-state index contributed by atoms with van der Waals surface area (Å²) in [6.07, 6.45) is -0.756. The normalized spacial score (nSPS) is 9.78. The van der Waals surface area contributed by atoms with E-state index in [0.29, 0.717) is 18.0 Å². The van der Waals surface area contributed by atoms with Gasteiger partial charge in [0.1, 0.15) is 5.75 Å². The van der Waals surface area contributed by atoms with Crippen LogP contribution in [0.25, 0.3) is 0 Å². The van der Waals surface area contributed by atoms with Gasteiger partial charge in [-0.1, -0.05) is 30.3 Å². The number of carbonyl (C=O) groups is 2. The highest BCUT2D eigenvalue weighted by Crippen LogP contribution is 2.16. The van der Waals surface area contributed by atoms with E-state index < -0.39 is 6.16 Å². The third-order valence-electron chi connectivity index (χ3n) is 2.87. The molecule has 0 spiro atoms. The Morgan fingerprint density at radius 2 is 1.70 bits per heavy atom. The summed E-state index contributed by atoms with van der Waals surface area (Å²) in [6.45, 7) is 2.39. The van der Waals surface area contributed by atoms with Crippen LogP contribution >= 0.6 is 0 Å². The van der Waals surface area contributed by atoms with Gasteiger partial charge < -0.3 is 20.1 Å². The van der Waals surface area contributed by atoms with Crippen molar-refractivity contribution in [3.05, 3.63) is 60.2 Å². The van der Waals surface area contributed by atoms with Crippen molar-refractivity contribution in [2.24, 2.45) is 0 Å². The maximum Gasteiger partial charge on any atom is 0.513 e. The first kappa shape index (κ1) is 16.4. The molecule has 0 aliphatic rings. The molecule has 0 saturated heterocycles. The Morgan fingerprint density at radius 1 is 1.00 bits per heavy atom. The lowest BCUT2D eigenvalue weighted by Crippen LogP contribution is -2.28. The standard InChI is InChI=1S/C17H18N2O4/c1-2-22-17(21)23-15-10-8-14(9-11-15)19-16(20)18-12-13-6-4-3-5-7-13/h3-11H,2,12H2,1H3,(H2,18,19,20). The van der Waals surface area contributed by atoms with Crippen LogP contribution in [0, 0.1) is 0 Å². The topological polar surface area (TPSA) is 76.7 Å². The molecule has 0 bridgehead atoms. The van der Waals surface area contributed by atoms with Crippen molar-refractivity contribution in [1.29, 1.82) is 0 Å². The summed E-state index contributed by atoms with van der Waals surface area (Å²) >= 11 is 0. The monoisotopic (exact) mass is 314 g/mol. The predicted molar refractivity (Wildman–Crippen MR) is 86.4 cm³/mol. The Labute approximate surface area is 134 Å². The zero-order valence-electron chi connectivity index (χ0n) is 12.7. The first-order valence-electron chi connectivity index (χ1n) is 7.21. The molecule has 2 N–H and O–H groups in total. The first-order chi connectivity index (χ1) is 11.2. The third kappa shape index (κ3) is 5.70. The Bertz CT molecular complexity index is 641. The molecule has 2 aromatic carbocycles. The van der Waals surface area contributed by atoms with Crippen LogP contribution in [0.4, 0.5) is 15.3 Å². The summed E-state index contributed by atoms with van der Waals surface area (Å²) in [7, 11) is 0. The summed E-state index contributed by atoms with van der Waals surface area (Å²) in [4.78, 5) is 23.0. The van der Waals surface area contributed by atoms with Crippen LogP contribution in [0.3, 0.4) is 0 Å². The summed E-state index contributed by atoms with van der Waals surface area (Å²) in [6, 6.07) is 15.7. The highest BCUT2D eigenvalue weighted by Gasteiger charge is 2.06. The lowest BCUT2D eigenvalue weighted by molar-refractivity contribution is 0.104. The molecular formula is C17H18N2O4. The Balaban J connectivity index is 1.80. The van der Waals surface area contributed by atoms with E-state index in [4.69, 9.17) is 4.74 Å². The van der Waals surface area contributed by atoms with Gasteiger partial charge >= 0.3 is 12.2 Å². The fourth-order valence-electron chi connectivity index (χ4n) is 1.80. The van der Waals surface area contributed by atoms with Crippen LogP contribution in [0.2, 0.25) is 0 Å². The quantitative estimate of drug-likeness (QED) is 0.653. The van der Waals surface area contributed by atoms with E-state index in [0.717, 1.165) is 5.56 Å². The van der Waals surface area contributed by atoms with E-state index in [2.05, 4.69) is 15.4 Å². The summed E-state index contributed by atoms with van der Waals surface area (Å²) < 4.78 is 9.60. The van der Waals surface area contributed by atoms with E-state index in [-0.39, 0.29) is 12.6 Å². The Kier molecular flexibility index (Phi) is 5.99. The third-order valence-corrected chi connectivity index (χ3v) is 2.87. The molecule has 0 atom stereocenters. The lowest BCUT2D eigenvalue weighted by atomic mass is 10.2. The van der Waals surface area contributed by atoms with Gasteiger partial charge in [-0.2, -0.15) is 0 Å². The molecule has 0 radical (unpaired) electrons. The number of urea groups is 1. The van der Waals surface area contributed by atoms with Crippen LogP contribution < -0.4 is 15.4 Å². The second-order valence-corrected chi connectivity index (χ2v) is 4.60. The molecule has 120 valence electrons. The van der Waals surface area contributed by atoms with Gasteiger partial charge in [-0.25, -0.2) is 9.59 Å². The van der Waals surface area contributed by atoms with Gasteiger partial charge in [0.2, 0.25) is 0 Å². The molecular weight excluding hydrogens is 296 g/mol. The predicted octanol–water partition coefficient (Wildman–Crippen LogP) is 3.54. The molecule has 6 heteroatoms. The Hall–Kier alpha value is -3.02. The highest BCUT2D eigenvalue weighted by atomic mass is 16.7. The van der Waals surface area contributed by atoms with Crippen LogP contribution in [0.1, 0.15) is 12.5 Å². The van der Waals surface area contributed by atoms with Crippen molar-refractivity contribution in [2.75, 3.05) is 11.9 Å². The zero-order valence-corrected chi connectivity index (χ0v) is 12.7. The first-order valence-corrected chi connectivity index (χ1v) is 7.21. The van der Waals surface area contributed by atoms with Crippen molar-refractivity contribution in [2.45, 2.75) is 13.5 Å². The molecule has 2 aromatic rings. The van der Waals surface area contributed by atoms with Gasteiger partial charge in [0.05, 0.1) is 6.61 Å². The Morgan fingerprint density at radius 3 is 2.35 bits per heavy atom. The number of hydrogen-bond acceptors (Lipinski definition) is 4. The van der Waals surface area contributed by atoms with E-state index in [1.54, 1.807) is 31.2 Å². The minimum atomic E-state index is -0.756. The minimum absolute atomic E-state index is 0.250. The van der Waals surface area contributed by atoms with Crippen molar-refractivity contribution in [1.82, 2.24) is 5.32 Å². The molecule has 0 aliphatic carbocycles. The summed E-state index contributed by atoms with van der Waals surface area (Å²) in [5, 5.41) is 5.45. The molecule has 0 aromatic heterocycles. The maximum atomic E-state index is 11.8. The second-order valence-electron chi connectivity index (χ2n) is 4.60. The molecule has 6 nitrogen and oxygen atoms in total. The van der Waals surface area contributed by atoms with E-state index in [9.17, 15) is 9.59 Å². The SMILES string of the molecule is CCOC(=O)Oc1ccc(NC(=O)NCc2ccccc2)cc1. The molecule has 23 heavy (non-hydrogen) atoms. The summed E-state index contributed by atoms with van der Waals surface area (Å²) in [5.41, 5.74) is 1.60. The van der Waals surface area contributed by atoms with E-state index >= 15 is 0 Å². The van der Waals surface area contributed by atoms with Crippen molar-refractivity contribution in [3.63, 3.8) is 0 Å². The van der Waals surface area contributed by atoms with Crippen molar-refractivity contribution < 1.29 is 19.1 Å². The largest absolute Gasteiger partial charge is 0.513 e. The molecule has 0 fully saturated rings. The van der Waals surface area contributed by atoms with Crippen LogP contribution in [-0.4, -0.2) is 18.8 Å². The number of rotatable bonds is 5. The second kappa shape index (κ2) is 8.43. The molecule has 0 saturated carbocycles. The van der Waals surface area contributed by atoms with Crippen molar-refractivity contribution in [3.8, 4) is 5.75 Å². The number of amides is 2. The number of anilines is 1. The zero-order chi connectivity index (χ0) is 16.5.